The Kier molecular flexibility index (Phi) is 4.40. The van der Waals surface area contributed by atoms with Gasteiger partial charge < -0.3 is 5.32 Å². The summed E-state index contributed by atoms with van der Waals surface area (Å²) in [6.45, 7) is 0.256. The Morgan fingerprint density at radius 2 is 1.83 bits per heavy atom. The highest BCUT2D eigenvalue weighted by molar-refractivity contribution is 14.1. The van der Waals surface area contributed by atoms with E-state index < -0.39 is 5.82 Å². The summed E-state index contributed by atoms with van der Waals surface area (Å²) in [5.41, 5.74) is 1.08. The second-order valence-corrected chi connectivity index (χ2v) is 5.15. The number of benzene rings is 2. The van der Waals surface area contributed by atoms with E-state index in [1.165, 1.54) is 12.1 Å². The number of anilines is 1. The smallest absolute Gasteiger partial charge is 0.146 e. The minimum atomic E-state index is -0.446. The van der Waals surface area contributed by atoms with Gasteiger partial charge in [-0.2, -0.15) is 0 Å². The molecule has 2 rings (SSSR count). The molecule has 0 amide bonds. The van der Waals surface area contributed by atoms with Crippen molar-refractivity contribution < 1.29 is 8.78 Å². The van der Waals surface area contributed by atoms with Crippen LogP contribution < -0.4 is 5.32 Å². The van der Waals surface area contributed by atoms with E-state index in [2.05, 4.69) is 5.32 Å². The van der Waals surface area contributed by atoms with E-state index in [4.69, 9.17) is 11.6 Å². The summed E-state index contributed by atoms with van der Waals surface area (Å²) >= 11 is 7.59. The molecule has 0 aromatic heterocycles. The molecule has 0 saturated heterocycles. The summed E-state index contributed by atoms with van der Waals surface area (Å²) in [6.07, 6.45) is 0. The van der Waals surface area contributed by atoms with Crippen LogP contribution in [0.15, 0.2) is 36.4 Å². The van der Waals surface area contributed by atoms with Crippen molar-refractivity contribution in [3.05, 3.63) is 62.2 Å². The van der Waals surface area contributed by atoms with Gasteiger partial charge in [0.1, 0.15) is 11.6 Å². The molecule has 0 aliphatic rings. The third-order valence-electron chi connectivity index (χ3n) is 2.45. The van der Waals surface area contributed by atoms with Gasteiger partial charge in [-0.25, -0.2) is 8.78 Å². The van der Waals surface area contributed by atoms with Crippen molar-refractivity contribution in [2.45, 2.75) is 6.54 Å². The van der Waals surface area contributed by atoms with Crippen LogP contribution in [-0.2, 0) is 6.54 Å². The van der Waals surface area contributed by atoms with Crippen LogP contribution in [0.1, 0.15) is 5.56 Å². The van der Waals surface area contributed by atoms with Crippen LogP contribution >= 0.6 is 34.2 Å². The normalized spacial score (nSPS) is 10.4. The quantitative estimate of drug-likeness (QED) is 0.753. The average molecular weight is 380 g/mol. The summed E-state index contributed by atoms with van der Waals surface area (Å²) in [4.78, 5) is 0. The Morgan fingerprint density at radius 1 is 1.11 bits per heavy atom. The summed E-state index contributed by atoms with van der Waals surface area (Å²) in [7, 11) is 0. The highest BCUT2D eigenvalue weighted by atomic mass is 127. The lowest BCUT2D eigenvalue weighted by Crippen LogP contribution is -2.04. The van der Waals surface area contributed by atoms with Gasteiger partial charge in [-0.15, -0.1) is 0 Å². The Labute approximate surface area is 122 Å². The topological polar surface area (TPSA) is 12.0 Å². The van der Waals surface area contributed by atoms with Gasteiger partial charge in [0, 0.05) is 12.1 Å². The molecule has 1 N–H and O–H groups in total. The molecule has 0 aliphatic heterocycles. The van der Waals surface area contributed by atoms with Gasteiger partial charge in [0.2, 0.25) is 0 Å². The lowest BCUT2D eigenvalue weighted by atomic mass is 10.2. The molecule has 0 fully saturated rings. The predicted molar refractivity (Wildman–Crippen MR) is 77.9 cm³/mol. The zero-order chi connectivity index (χ0) is 13.1. The zero-order valence-corrected chi connectivity index (χ0v) is 12.1. The highest BCUT2D eigenvalue weighted by Gasteiger charge is 2.08. The van der Waals surface area contributed by atoms with Crippen LogP contribution in [0.3, 0.4) is 0 Å². The molecule has 0 spiro atoms. The van der Waals surface area contributed by atoms with Gasteiger partial charge in [-0.1, -0.05) is 29.8 Å². The van der Waals surface area contributed by atoms with Crippen molar-refractivity contribution in [2.24, 2.45) is 0 Å². The Bertz CT molecular complexity index is 523. The van der Waals surface area contributed by atoms with E-state index in [9.17, 15) is 8.78 Å². The minimum absolute atomic E-state index is 0.0863. The lowest BCUT2D eigenvalue weighted by molar-refractivity contribution is 0.612. The second kappa shape index (κ2) is 5.84. The first-order chi connectivity index (χ1) is 8.59. The SMILES string of the molecule is Fc1cccc(NCc2cccc(Cl)c2F)c1I. The molecule has 0 bridgehead atoms. The van der Waals surface area contributed by atoms with Crippen molar-refractivity contribution >= 4 is 39.9 Å². The van der Waals surface area contributed by atoms with Crippen LogP contribution in [-0.4, -0.2) is 0 Å². The zero-order valence-electron chi connectivity index (χ0n) is 9.18. The maximum atomic E-state index is 13.6. The number of rotatable bonds is 3. The number of nitrogens with one attached hydrogen (secondary N) is 1. The molecule has 0 unspecified atom stereocenters. The van der Waals surface area contributed by atoms with Gasteiger partial charge in [-0.3, -0.25) is 0 Å². The Hall–Kier alpha value is -0.880. The Morgan fingerprint density at radius 3 is 2.61 bits per heavy atom. The van der Waals surface area contributed by atoms with E-state index in [1.807, 2.05) is 22.6 Å². The fourth-order valence-electron chi connectivity index (χ4n) is 1.52. The monoisotopic (exact) mass is 379 g/mol. The molecular weight excluding hydrogens is 371 g/mol. The molecule has 2 aromatic carbocycles. The van der Waals surface area contributed by atoms with Crippen molar-refractivity contribution in [2.75, 3.05) is 5.32 Å². The molecule has 5 heteroatoms. The van der Waals surface area contributed by atoms with Crippen molar-refractivity contribution in [3.8, 4) is 0 Å². The molecule has 94 valence electrons. The first-order valence-corrected chi connectivity index (χ1v) is 6.66. The fraction of sp³-hybridized carbons (Fsp3) is 0.0769. The lowest BCUT2D eigenvalue weighted by Gasteiger charge is -2.10. The van der Waals surface area contributed by atoms with Crippen molar-refractivity contribution in [3.63, 3.8) is 0 Å². The minimum Gasteiger partial charge on any atom is -0.380 e. The van der Waals surface area contributed by atoms with Gasteiger partial charge >= 0.3 is 0 Å². The largest absolute Gasteiger partial charge is 0.380 e. The summed E-state index contributed by atoms with van der Waals surface area (Å²) < 4.78 is 27.4. The van der Waals surface area contributed by atoms with E-state index in [0.29, 0.717) is 14.8 Å². The third-order valence-corrected chi connectivity index (χ3v) is 3.84. The molecule has 18 heavy (non-hydrogen) atoms. The fourth-order valence-corrected chi connectivity index (χ4v) is 2.26. The molecule has 0 radical (unpaired) electrons. The van der Waals surface area contributed by atoms with Crippen molar-refractivity contribution in [1.29, 1.82) is 0 Å². The van der Waals surface area contributed by atoms with E-state index in [1.54, 1.807) is 24.3 Å². The van der Waals surface area contributed by atoms with Crippen LogP contribution in [0.5, 0.6) is 0 Å². The van der Waals surface area contributed by atoms with Gasteiger partial charge in [0.25, 0.3) is 0 Å². The van der Waals surface area contributed by atoms with Crippen molar-refractivity contribution in [1.82, 2.24) is 0 Å². The first-order valence-electron chi connectivity index (χ1n) is 5.20. The van der Waals surface area contributed by atoms with E-state index in [0.717, 1.165) is 0 Å². The van der Waals surface area contributed by atoms with E-state index in [-0.39, 0.29) is 17.4 Å². The molecule has 0 atom stereocenters. The second-order valence-electron chi connectivity index (χ2n) is 3.67. The maximum Gasteiger partial charge on any atom is 0.146 e. The first kappa shape index (κ1) is 13.5. The summed E-state index contributed by atoms with van der Waals surface area (Å²) in [5.74, 6) is -0.745. The molecule has 1 nitrogen and oxygen atoms in total. The van der Waals surface area contributed by atoms with Crippen LogP contribution in [0.25, 0.3) is 0 Å². The predicted octanol–water partition coefficient (Wildman–Crippen LogP) is 4.83. The summed E-state index contributed by atoms with van der Waals surface area (Å²) in [6, 6.07) is 9.54. The number of hydrogen-bond acceptors (Lipinski definition) is 1. The molecule has 0 aliphatic carbocycles. The van der Waals surface area contributed by atoms with Gasteiger partial charge in [0.05, 0.1) is 14.3 Å². The summed E-state index contributed by atoms with van der Waals surface area (Å²) in [5, 5.41) is 3.08. The standard InChI is InChI=1S/C13H9ClF2IN/c14-9-4-1-3-8(12(9)16)7-18-11-6-2-5-10(15)13(11)17/h1-6,18H,7H2. The molecule has 0 saturated carbocycles. The molecular formula is C13H9ClF2IN. The third kappa shape index (κ3) is 2.92. The van der Waals surface area contributed by atoms with Crippen LogP contribution in [0.2, 0.25) is 5.02 Å². The highest BCUT2D eigenvalue weighted by Crippen LogP contribution is 2.23. The number of halogens is 4. The van der Waals surface area contributed by atoms with Gasteiger partial charge in [-0.05, 0) is 40.8 Å². The molecule has 2 aromatic rings. The van der Waals surface area contributed by atoms with Gasteiger partial charge in [0.15, 0.2) is 0 Å². The number of hydrogen-bond donors (Lipinski definition) is 1. The maximum absolute atomic E-state index is 13.6. The Balaban J connectivity index is 2.17. The van der Waals surface area contributed by atoms with Crippen LogP contribution in [0.4, 0.5) is 14.5 Å². The van der Waals surface area contributed by atoms with Crippen LogP contribution in [0, 0.1) is 15.2 Å². The average Bonchev–Trinajstić information content (AvgIpc) is 2.36. The molecule has 0 heterocycles. The van der Waals surface area contributed by atoms with E-state index >= 15 is 0 Å².